The summed E-state index contributed by atoms with van der Waals surface area (Å²) in [5.41, 5.74) is 0.329. The first-order chi connectivity index (χ1) is 16.2. The van der Waals surface area contributed by atoms with Crippen molar-refractivity contribution in [2.75, 3.05) is 11.9 Å². The summed E-state index contributed by atoms with van der Waals surface area (Å²) >= 11 is 0. The number of amides is 4. The molecule has 1 fully saturated rings. The van der Waals surface area contributed by atoms with E-state index < -0.39 is 17.5 Å². The van der Waals surface area contributed by atoms with Crippen LogP contribution in [0.5, 0.6) is 0 Å². The van der Waals surface area contributed by atoms with Gasteiger partial charge in [-0.05, 0) is 59.5 Å². The Morgan fingerprint density at radius 3 is 2.32 bits per heavy atom. The summed E-state index contributed by atoms with van der Waals surface area (Å²) in [5, 5.41) is 7.53. The van der Waals surface area contributed by atoms with Crippen LogP contribution in [-0.4, -0.2) is 35.1 Å². The first-order valence-corrected chi connectivity index (χ1v) is 11.2. The summed E-state index contributed by atoms with van der Waals surface area (Å²) in [6.07, 6.45) is 0.406. The molecule has 3 aromatic rings. The van der Waals surface area contributed by atoms with E-state index in [0.717, 1.165) is 15.7 Å². The number of anilines is 1. The number of urea groups is 1. The third-order valence-corrected chi connectivity index (χ3v) is 5.99. The molecule has 1 atom stereocenters. The lowest BCUT2D eigenvalue weighted by atomic mass is 9.90. The molecule has 3 aromatic carbocycles. The number of carbonyl (C=O) groups is 4. The fraction of sp³-hybridized carbons (Fsp3) is 0.259. The van der Waals surface area contributed by atoms with Gasteiger partial charge >= 0.3 is 6.03 Å². The van der Waals surface area contributed by atoms with Crippen LogP contribution in [0.3, 0.4) is 0 Å². The second kappa shape index (κ2) is 9.09. The van der Waals surface area contributed by atoms with Crippen LogP contribution in [0.15, 0.2) is 66.7 Å². The lowest BCUT2D eigenvalue weighted by Gasteiger charge is -2.22. The molecule has 1 aliphatic heterocycles. The molecule has 0 spiro atoms. The SMILES string of the molecule is CC(C)CC(=O)Nc1ccc(C(=O)CN2C(=O)NC(C)(c3ccc4ccccc4c3)C2=O)cc1. The highest BCUT2D eigenvalue weighted by Gasteiger charge is 2.49. The molecule has 34 heavy (non-hydrogen) atoms. The van der Waals surface area contributed by atoms with Crippen molar-refractivity contribution in [2.24, 2.45) is 5.92 Å². The number of carbonyl (C=O) groups excluding carboxylic acids is 4. The minimum atomic E-state index is -1.26. The number of Topliss-reactive ketones (excluding diaryl/α,β-unsaturated/α-hetero) is 1. The molecule has 0 aliphatic carbocycles. The van der Waals surface area contributed by atoms with Crippen molar-refractivity contribution in [3.05, 3.63) is 77.9 Å². The fourth-order valence-corrected chi connectivity index (χ4v) is 4.09. The molecule has 7 nitrogen and oxygen atoms in total. The monoisotopic (exact) mass is 457 g/mol. The average Bonchev–Trinajstić information content (AvgIpc) is 3.02. The normalized spacial score (nSPS) is 17.8. The molecule has 1 heterocycles. The van der Waals surface area contributed by atoms with Gasteiger partial charge in [-0.25, -0.2) is 4.79 Å². The second-order valence-electron chi connectivity index (χ2n) is 9.16. The zero-order valence-corrected chi connectivity index (χ0v) is 19.4. The number of hydrogen-bond acceptors (Lipinski definition) is 4. The molecule has 2 N–H and O–H groups in total. The maximum atomic E-state index is 13.2. The van der Waals surface area contributed by atoms with Crippen LogP contribution in [-0.2, 0) is 15.1 Å². The maximum Gasteiger partial charge on any atom is 0.325 e. The number of nitrogens with zero attached hydrogens (tertiary/aromatic N) is 1. The topological polar surface area (TPSA) is 95.6 Å². The van der Waals surface area contributed by atoms with Crippen molar-refractivity contribution >= 4 is 40.1 Å². The summed E-state index contributed by atoms with van der Waals surface area (Å²) in [7, 11) is 0. The van der Waals surface area contributed by atoms with Gasteiger partial charge in [0.1, 0.15) is 5.54 Å². The molecule has 4 rings (SSSR count). The van der Waals surface area contributed by atoms with Crippen LogP contribution in [0.2, 0.25) is 0 Å². The average molecular weight is 458 g/mol. The lowest BCUT2D eigenvalue weighted by molar-refractivity contribution is -0.130. The Balaban J connectivity index is 1.47. The smallest absolute Gasteiger partial charge is 0.325 e. The van der Waals surface area contributed by atoms with Crippen molar-refractivity contribution in [2.45, 2.75) is 32.7 Å². The van der Waals surface area contributed by atoms with E-state index in [1.54, 1.807) is 31.2 Å². The number of fused-ring (bicyclic) bond motifs is 1. The minimum absolute atomic E-state index is 0.0959. The van der Waals surface area contributed by atoms with Gasteiger partial charge in [-0.15, -0.1) is 0 Å². The second-order valence-corrected chi connectivity index (χ2v) is 9.16. The van der Waals surface area contributed by atoms with Crippen molar-refractivity contribution < 1.29 is 19.2 Å². The van der Waals surface area contributed by atoms with E-state index in [1.807, 2.05) is 56.3 Å². The zero-order chi connectivity index (χ0) is 24.5. The lowest BCUT2D eigenvalue weighted by Crippen LogP contribution is -2.41. The van der Waals surface area contributed by atoms with Crippen LogP contribution in [0.25, 0.3) is 10.8 Å². The molecule has 4 amide bonds. The predicted octanol–water partition coefficient (Wildman–Crippen LogP) is 4.47. The molecule has 0 aromatic heterocycles. The highest BCUT2D eigenvalue weighted by molar-refractivity contribution is 6.11. The molecule has 174 valence electrons. The Hall–Kier alpha value is -4.00. The van der Waals surface area contributed by atoms with Gasteiger partial charge in [0.25, 0.3) is 5.91 Å². The Labute approximate surface area is 198 Å². The van der Waals surface area contributed by atoms with Crippen molar-refractivity contribution in [1.82, 2.24) is 10.2 Å². The van der Waals surface area contributed by atoms with Crippen LogP contribution < -0.4 is 10.6 Å². The van der Waals surface area contributed by atoms with Crippen LogP contribution in [0.4, 0.5) is 10.5 Å². The molecule has 0 bridgehead atoms. The predicted molar refractivity (Wildman–Crippen MR) is 130 cm³/mol. The Morgan fingerprint density at radius 1 is 0.971 bits per heavy atom. The van der Waals surface area contributed by atoms with Crippen LogP contribution >= 0.6 is 0 Å². The summed E-state index contributed by atoms with van der Waals surface area (Å²) < 4.78 is 0. The van der Waals surface area contributed by atoms with Gasteiger partial charge in [0.15, 0.2) is 5.78 Å². The minimum Gasteiger partial charge on any atom is -0.326 e. The van der Waals surface area contributed by atoms with E-state index in [1.165, 1.54) is 0 Å². The number of benzene rings is 3. The standard InChI is InChI=1S/C27H27N3O4/c1-17(2)14-24(32)28-22-12-9-19(10-13-22)23(31)16-30-25(33)27(3,29-26(30)34)21-11-8-18-6-4-5-7-20(18)15-21/h4-13,15,17H,14,16H2,1-3H3,(H,28,32)(H,29,34). The quantitative estimate of drug-likeness (QED) is 0.404. The summed E-state index contributed by atoms with van der Waals surface area (Å²) in [6, 6.07) is 19.2. The third-order valence-electron chi connectivity index (χ3n) is 5.99. The third kappa shape index (κ3) is 4.55. The molecular formula is C27H27N3O4. The Morgan fingerprint density at radius 2 is 1.65 bits per heavy atom. The van der Waals surface area contributed by atoms with E-state index >= 15 is 0 Å². The Bertz CT molecular complexity index is 1280. The van der Waals surface area contributed by atoms with Crippen molar-refractivity contribution in [3.63, 3.8) is 0 Å². The summed E-state index contributed by atoms with van der Waals surface area (Å²) in [6.45, 7) is 5.20. The number of imide groups is 1. The van der Waals surface area contributed by atoms with E-state index in [2.05, 4.69) is 10.6 Å². The number of nitrogens with one attached hydrogen (secondary N) is 2. The van der Waals surface area contributed by atoms with E-state index in [4.69, 9.17) is 0 Å². The molecule has 1 unspecified atom stereocenters. The highest BCUT2D eigenvalue weighted by atomic mass is 16.2. The van der Waals surface area contributed by atoms with Crippen LogP contribution in [0, 0.1) is 5.92 Å². The fourth-order valence-electron chi connectivity index (χ4n) is 4.09. The van der Waals surface area contributed by atoms with Crippen molar-refractivity contribution in [1.29, 1.82) is 0 Å². The van der Waals surface area contributed by atoms with Gasteiger partial charge in [0.05, 0.1) is 6.54 Å². The van der Waals surface area contributed by atoms with Gasteiger partial charge in [-0.3, -0.25) is 19.3 Å². The van der Waals surface area contributed by atoms with Gasteiger partial charge < -0.3 is 10.6 Å². The molecular weight excluding hydrogens is 430 g/mol. The Kier molecular flexibility index (Phi) is 6.20. The van der Waals surface area contributed by atoms with Gasteiger partial charge in [0.2, 0.25) is 5.91 Å². The van der Waals surface area contributed by atoms with E-state index in [0.29, 0.717) is 23.2 Å². The summed E-state index contributed by atoms with van der Waals surface area (Å²) in [5.74, 6) is -0.698. The van der Waals surface area contributed by atoms with Gasteiger partial charge in [0, 0.05) is 17.7 Å². The molecule has 0 radical (unpaired) electrons. The molecule has 1 aliphatic rings. The molecule has 7 heteroatoms. The first-order valence-electron chi connectivity index (χ1n) is 11.2. The van der Waals surface area contributed by atoms with E-state index in [9.17, 15) is 19.2 Å². The molecule has 1 saturated heterocycles. The summed E-state index contributed by atoms with van der Waals surface area (Å²) in [4.78, 5) is 51.6. The first kappa shape index (κ1) is 23.2. The van der Waals surface area contributed by atoms with Gasteiger partial charge in [-0.2, -0.15) is 0 Å². The van der Waals surface area contributed by atoms with Crippen molar-refractivity contribution in [3.8, 4) is 0 Å². The maximum absolute atomic E-state index is 13.2. The largest absolute Gasteiger partial charge is 0.326 e. The van der Waals surface area contributed by atoms with Crippen LogP contribution in [0.1, 0.15) is 43.1 Å². The van der Waals surface area contributed by atoms with Gasteiger partial charge in [-0.1, -0.05) is 50.2 Å². The molecule has 0 saturated carbocycles. The van der Waals surface area contributed by atoms with E-state index in [-0.39, 0.29) is 24.2 Å². The highest BCUT2D eigenvalue weighted by Crippen LogP contribution is 2.31. The number of ketones is 1. The zero-order valence-electron chi connectivity index (χ0n) is 19.4. The number of rotatable bonds is 7. The number of hydrogen-bond donors (Lipinski definition) is 2.